The van der Waals surface area contributed by atoms with E-state index < -0.39 is 11.4 Å². The number of aryl methyl sites for hydroxylation is 1. The van der Waals surface area contributed by atoms with Crippen LogP contribution < -0.4 is 0 Å². The van der Waals surface area contributed by atoms with Crippen LogP contribution in [0.1, 0.15) is 122 Å². The number of hydrogen-bond donors (Lipinski definition) is 1. The van der Waals surface area contributed by atoms with Gasteiger partial charge < -0.3 is 5.11 Å². The second-order valence-corrected chi connectivity index (χ2v) is 11.7. The molecule has 0 aliphatic rings. The number of aliphatic carboxylic acids is 1. The fourth-order valence-electron chi connectivity index (χ4n) is 4.92. The van der Waals surface area contributed by atoms with Gasteiger partial charge in [-0.25, -0.2) is 0 Å². The van der Waals surface area contributed by atoms with Crippen molar-refractivity contribution in [3.05, 3.63) is 70.8 Å². The molecule has 2 aromatic carbocycles. The first-order valence-corrected chi connectivity index (χ1v) is 15.0. The van der Waals surface area contributed by atoms with Gasteiger partial charge in [0.2, 0.25) is 0 Å². The minimum absolute atomic E-state index is 0.308. The molecule has 0 aromatic heterocycles. The lowest BCUT2D eigenvalue weighted by Crippen LogP contribution is -2.32. The Kier molecular flexibility index (Phi) is 15.9. The zero-order valence-electron chi connectivity index (χ0n) is 25.3. The molecule has 38 heavy (non-hydrogen) atoms. The average molecular weight is 523 g/mol. The van der Waals surface area contributed by atoms with Gasteiger partial charge in [0.25, 0.3) is 0 Å². The third-order valence-corrected chi connectivity index (χ3v) is 7.18. The quantitative estimate of drug-likeness (QED) is 0.211. The molecule has 1 N–H and O–H groups in total. The maximum Gasteiger partial charge on any atom is 0.313 e. The maximum absolute atomic E-state index is 12.3. The highest BCUT2D eigenvalue weighted by Crippen LogP contribution is 2.31. The van der Waals surface area contributed by atoms with Gasteiger partial charge in [0, 0.05) is 12.8 Å². The minimum atomic E-state index is -0.910. The molecule has 0 aliphatic carbocycles. The molecule has 2 rings (SSSR count). The Balaban J connectivity index is 0.00000352. The Hall–Kier alpha value is -2.42. The number of ketones is 1. The van der Waals surface area contributed by atoms with E-state index in [0.29, 0.717) is 36.9 Å². The van der Waals surface area contributed by atoms with Crippen molar-refractivity contribution in [1.82, 2.24) is 0 Å². The van der Waals surface area contributed by atoms with Gasteiger partial charge in [-0.1, -0.05) is 103 Å². The maximum atomic E-state index is 12.3. The Morgan fingerprint density at radius 3 is 1.61 bits per heavy atom. The summed E-state index contributed by atoms with van der Waals surface area (Å²) >= 11 is 0. The summed E-state index contributed by atoms with van der Waals surface area (Å²) in [6, 6.07) is 17.0. The molecule has 0 saturated heterocycles. The largest absolute Gasteiger partial charge is 0.481 e. The van der Waals surface area contributed by atoms with Crippen molar-refractivity contribution in [1.29, 1.82) is 0 Å². The lowest BCUT2D eigenvalue weighted by molar-refractivity contribution is -0.143. The lowest BCUT2D eigenvalue weighted by Gasteiger charge is -2.25. The summed E-state index contributed by atoms with van der Waals surface area (Å²) in [5.74, 6) is 0.774. The van der Waals surface area contributed by atoms with Gasteiger partial charge in [0.05, 0.1) is 5.41 Å². The van der Waals surface area contributed by atoms with Gasteiger partial charge >= 0.3 is 5.97 Å². The number of rotatable bonds is 17. The van der Waals surface area contributed by atoms with Crippen LogP contribution in [0.3, 0.4) is 0 Å². The van der Waals surface area contributed by atoms with Crippen molar-refractivity contribution in [3.8, 4) is 0 Å². The topological polar surface area (TPSA) is 54.4 Å². The smallest absolute Gasteiger partial charge is 0.313 e. The Labute approximate surface area is 233 Å². The van der Waals surface area contributed by atoms with Crippen molar-refractivity contribution < 1.29 is 14.7 Å². The van der Waals surface area contributed by atoms with Crippen LogP contribution in [-0.2, 0) is 34.3 Å². The van der Waals surface area contributed by atoms with E-state index in [2.05, 4.69) is 64.1 Å². The average Bonchev–Trinajstić information content (AvgIpc) is 2.88. The molecule has 0 aliphatic heterocycles. The third kappa shape index (κ3) is 12.4. The van der Waals surface area contributed by atoms with E-state index in [9.17, 15) is 14.7 Å². The highest BCUT2D eigenvalue weighted by atomic mass is 16.4. The van der Waals surface area contributed by atoms with Crippen molar-refractivity contribution in [2.75, 3.05) is 0 Å². The molecule has 2 aromatic rings. The van der Waals surface area contributed by atoms with Crippen LogP contribution in [0.15, 0.2) is 48.5 Å². The summed E-state index contributed by atoms with van der Waals surface area (Å²) in [6.45, 7) is 14.7. The number of carbonyl (C=O) groups is 2. The number of carboxylic acids is 1. The first-order chi connectivity index (χ1) is 18.1. The molecule has 0 bridgehead atoms. The minimum Gasteiger partial charge on any atom is -0.481 e. The summed E-state index contributed by atoms with van der Waals surface area (Å²) in [5.41, 5.74) is 3.97. The molecule has 1 unspecified atom stereocenters. The van der Waals surface area contributed by atoms with E-state index in [0.717, 1.165) is 56.9 Å². The molecule has 0 radical (unpaired) electrons. The summed E-state index contributed by atoms with van der Waals surface area (Å²) in [7, 11) is 0. The number of unbranched alkanes of at least 4 members (excludes halogenated alkanes) is 3. The Morgan fingerprint density at radius 1 is 0.684 bits per heavy atom. The monoisotopic (exact) mass is 522 g/mol. The third-order valence-electron chi connectivity index (χ3n) is 7.18. The van der Waals surface area contributed by atoms with Crippen LogP contribution >= 0.6 is 0 Å². The molecule has 0 spiro atoms. The zero-order valence-corrected chi connectivity index (χ0v) is 25.3. The van der Waals surface area contributed by atoms with E-state index in [1.807, 2.05) is 32.9 Å². The molecule has 0 fully saturated rings. The molecule has 3 heteroatoms. The number of hydrogen-bond acceptors (Lipinski definition) is 2. The number of carboxylic acid groups (broad SMARTS) is 1. The zero-order chi connectivity index (χ0) is 28.6. The fourth-order valence-corrected chi connectivity index (χ4v) is 4.92. The second kappa shape index (κ2) is 18.0. The van der Waals surface area contributed by atoms with Gasteiger partial charge in [-0.2, -0.15) is 0 Å². The SMILES string of the molecule is CC.CC(C)Cc1ccc(CCCCCC(=O)CCCCC(C)(C(=O)O)c2ccc(CC(C)C)cc2)cc1. The van der Waals surface area contributed by atoms with Crippen LogP contribution in [0.4, 0.5) is 0 Å². The van der Waals surface area contributed by atoms with Crippen molar-refractivity contribution in [2.24, 2.45) is 11.8 Å². The number of benzene rings is 2. The Bertz CT molecular complexity index is 925. The normalized spacial score (nSPS) is 12.7. The highest BCUT2D eigenvalue weighted by Gasteiger charge is 2.34. The molecule has 0 heterocycles. The van der Waals surface area contributed by atoms with E-state index in [4.69, 9.17) is 0 Å². The molecule has 0 amide bonds. The van der Waals surface area contributed by atoms with E-state index >= 15 is 0 Å². The van der Waals surface area contributed by atoms with Gasteiger partial charge in [-0.3, -0.25) is 9.59 Å². The van der Waals surface area contributed by atoms with Gasteiger partial charge in [-0.05, 0) is 86.0 Å². The Morgan fingerprint density at radius 2 is 1.13 bits per heavy atom. The van der Waals surface area contributed by atoms with Crippen molar-refractivity contribution in [3.63, 3.8) is 0 Å². The van der Waals surface area contributed by atoms with Crippen LogP contribution in [0.25, 0.3) is 0 Å². The van der Waals surface area contributed by atoms with Crippen LogP contribution in [0.2, 0.25) is 0 Å². The summed E-state index contributed by atoms with van der Waals surface area (Å²) in [6.07, 6.45) is 9.58. The lowest BCUT2D eigenvalue weighted by atomic mass is 9.77. The van der Waals surface area contributed by atoms with Crippen LogP contribution in [-0.4, -0.2) is 16.9 Å². The van der Waals surface area contributed by atoms with Gasteiger partial charge in [-0.15, -0.1) is 0 Å². The number of carbonyl (C=O) groups excluding carboxylic acids is 1. The first kappa shape index (κ1) is 33.6. The molecular formula is C35H54O3. The standard InChI is InChI=1S/C33H48O3.C2H6/c1-25(2)23-28-16-14-27(15-17-28)11-7-6-8-12-31(34)13-9-10-22-33(5,32(35)36)30-20-18-29(19-21-30)24-26(3)4;1-2/h14-21,25-26H,6-13,22-24H2,1-5H3,(H,35,36);1-2H3. The predicted octanol–water partition coefficient (Wildman–Crippen LogP) is 9.38. The first-order valence-electron chi connectivity index (χ1n) is 15.0. The molecule has 3 nitrogen and oxygen atoms in total. The second-order valence-electron chi connectivity index (χ2n) is 11.7. The predicted molar refractivity (Wildman–Crippen MR) is 162 cm³/mol. The number of Topliss-reactive ketones (excluding diaryl/α,β-unsaturated/α-hetero) is 1. The van der Waals surface area contributed by atoms with E-state index in [-0.39, 0.29) is 0 Å². The van der Waals surface area contributed by atoms with Gasteiger partial charge in [0.1, 0.15) is 5.78 Å². The van der Waals surface area contributed by atoms with Crippen molar-refractivity contribution >= 4 is 11.8 Å². The van der Waals surface area contributed by atoms with E-state index in [1.165, 1.54) is 16.7 Å². The van der Waals surface area contributed by atoms with E-state index in [1.54, 1.807) is 0 Å². The summed E-state index contributed by atoms with van der Waals surface area (Å²) in [5, 5.41) is 9.94. The molecule has 212 valence electrons. The summed E-state index contributed by atoms with van der Waals surface area (Å²) < 4.78 is 0. The summed E-state index contributed by atoms with van der Waals surface area (Å²) in [4.78, 5) is 24.4. The molecule has 0 saturated carbocycles. The van der Waals surface area contributed by atoms with Crippen LogP contribution in [0, 0.1) is 11.8 Å². The molecular weight excluding hydrogens is 468 g/mol. The highest BCUT2D eigenvalue weighted by molar-refractivity contribution is 5.81. The van der Waals surface area contributed by atoms with Gasteiger partial charge in [0.15, 0.2) is 0 Å². The fraction of sp³-hybridized carbons (Fsp3) is 0.600. The van der Waals surface area contributed by atoms with Crippen LogP contribution in [0.5, 0.6) is 0 Å². The van der Waals surface area contributed by atoms with Crippen molar-refractivity contribution in [2.45, 2.75) is 125 Å². The molecule has 1 atom stereocenters.